The topological polar surface area (TPSA) is 38.0 Å². The molecule has 2 aliphatic carbocycles. The number of rotatable bonds is 5. The summed E-state index contributed by atoms with van der Waals surface area (Å²) in [7, 11) is 0. The minimum Gasteiger partial charge on any atom is -0.271 e. The summed E-state index contributed by atoms with van der Waals surface area (Å²) >= 11 is 0. The first-order chi connectivity index (χ1) is 9.80. The van der Waals surface area contributed by atoms with Crippen molar-refractivity contribution < 1.29 is 0 Å². The van der Waals surface area contributed by atoms with Crippen LogP contribution in [0.3, 0.4) is 0 Å². The third-order valence-corrected chi connectivity index (χ3v) is 5.56. The molecule has 2 heteroatoms. The van der Waals surface area contributed by atoms with Gasteiger partial charge in [-0.15, -0.1) is 0 Å². The van der Waals surface area contributed by atoms with Crippen LogP contribution in [0.15, 0.2) is 18.2 Å². The van der Waals surface area contributed by atoms with Crippen molar-refractivity contribution in [3.8, 4) is 0 Å². The Morgan fingerprint density at radius 1 is 1.25 bits per heavy atom. The highest BCUT2D eigenvalue weighted by Crippen LogP contribution is 2.35. The van der Waals surface area contributed by atoms with Gasteiger partial charge >= 0.3 is 0 Å². The van der Waals surface area contributed by atoms with Gasteiger partial charge in [-0.3, -0.25) is 11.3 Å². The normalized spacial score (nSPS) is 26.7. The highest BCUT2D eigenvalue weighted by molar-refractivity contribution is 5.35. The van der Waals surface area contributed by atoms with Crippen LogP contribution >= 0.6 is 0 Å². The van der Waals surface area contributed by atoms with Crippen molar-refractivity contribution in [1.29, 1.82) is 0 Å². The number of hydrogen-bond donors (Lipinski definition) is 2. The molecule has 0 heterocycles. The van der Waals surface area contributed by atoms with Crippen LogP contribution in [-0.4, -0.2) is 6.04 Å². The summed E-state index contributed by atoms with van der Waals surface area (Å²) in [6.07, 6.45) is 10.4. The molecule has 0 saturated heterocycles. The molecule has 20 heavy (non-hydrogen) atoms. The van der Waals surface area contributed by atoms with E-state index in [0.717, 1.165) is 18.3 Å². The summed E-state index contributed by atoms with van der Waals surface area (Å²) in [5, 5.41) is 0. The maximum atomic E-state index is 5.85. The summed E-state index contributed by atoms with van der Waals surface area (Å²) in [5.41, 5.74) is 7.72. The highest BCUT2D eigenvalue weighted by Gasteiger charge is 2.29. The zero-order valence-corrected chi connectivity index (χ0v) is 12.7. The lowest BCUT2D eigenvalue weighted by molar-refractivity contribution is 0.348. The van der Waals surface area contributed by atoms with Gasteiger partial charge in [-0.2, -0.15) is 0 Å². The molecular weight excluding hydrogens is 244 g/mol. The van der Waals surface area contributed by atoms with Crippen molar-refractivity contribution in [2.75, 3.05) is 0 Å². The average Bonchev–Trinajstić information content (AvgIpc) is 3.12. The van der Waals surface area contributed by atoms with Crippen LogP contribution in [0.1, 0.15) is 55.7 Å². The predicted octanol–water partition coefficient (Wildman–Crippen LogP) is 3.38. The summed E-state index contributed by atoms with van der Waals surface area (Å²) in [5.74, 6) is 7.54. The summed E-state index contributed by atoms with van der Waals surface area (Å²) in [6.45, 7) is 2.32. The Bertz CT molecular complexity index is 455. The maximum absolute atomic E-state index is 5.85. The second kappa shape index (κ2) is 6.28. The first kappa shape index (κ1) is 14.1. The molecule has 110 valence electrons. The molecule has 0 bridgehead atoms. The number of hydrazine groups is 1. The van der Waals surface area contributed by atoms with Crippen molar-refractivity contribution in [1.82, 2.24) is 5.43 Å². The van der Waals surface area contributed by atoms with E-state index in [1.54, 1.807) is 11.1 Å². The van der Waals surface area contributed by atoms with Gasteiger partial charge in [-0.05, 0) is 67.1 Å². The third-order valence-electron chi connectivity index (χ3n) is 5.56. The molecule has 2 aliphatic rings. The van der Waals surface area contributed by atoms with E-state index in [1.807, 2.05) is 0 Å². The lowest BCUT2D eigenvalue weighted by Gasteiger charge is -2.23. The van der Waals surface area contributed by atoms with E-state index in [-0.39, 0.29) is 0 Å². The fourth-order valence-corrected chi connectivity index (χ4v) is 4.22. The molecule has 0 amide bonds. The molecule has 3 N–H and O–H groups in total. The SMILES string of the molecule is CCC1CCC(C(Cc2ccc3c(c2)CCC3)NN)C1. The molecule has 2 nitrogen and oxygen atoms in total. The monoisotopic (exact) mass is 272 g/mol. The highest BCUT2D eigenvalue weighted by atomic mass is 15.2. The zero-order valence-electron chi connectivity index (χ0n) is 12.7. The van der Waals surface area contributed by atoms with Gasteiger partial charge in [0.05, 0.1) is 0 Å². The summed E-state index contributed by atoms with van der Waals surface area (Å²) in [6, 6.07) is 7.54. The second-order valence-electron chi connectivity index (χ2n) is 6.78. The zero-order chi connectivity index (χ0) is 13.9. The Balaban J connectivity index is 1.66. The maximum Gasteiger partial charge on any atom is 0.0279 e. The van der Waals surface area contributed by atoms with E-state index in [1.165, 1.54) is 50.5 Å². The molecule has 1 saturated carbocycles. The van der Waals surface area contributed by atoms with Gasteiger partial charge in [0.15, 0.2) is 0 Å². The summed E-state index contributed by atoms with van der Waals surface area (Å²) < 4.78 is 0. The van der Waals surface area contributed by atoms with Gasteiger partial charge < -0.3 is 0 Å². The Hall–Kier alpha value is -0.860. The molecule has 3 unspecified atom stereocenters. The van der Waals surface area contributed by atoms with Crippen LogP contribution in [0.5, 0.6) is 0 Å². The van der Waals surface area contributed by atoms with Gasteiger partial charge in [-0.1, -0.05) is 38.0 Å². The number of aryl methyl sites for hydroxylation is 2. The van der Waals surface area contributed by atoms with Crippen LogP contribution in [0.25, 0.3) is 0 Å². The lowest BCUT2D eigenvalue weighted by Crippen LogP contribution is -2.41. The number of nitrogens with two attached hydrogens (primary N) is 1. The molecule has 0 aromatic heterocycles. The minimum atomic E-state index is 0.450. The van der Waals surface area contributed by atoms with E-state index >= 15 is 0 Å². The number of nitrogens with one attached hydrogen (secondary N) is 1. The van der Waals surface area contributed by atoms with Crippen LogP contribution in [0.2, 0.25) is 0 Å². The largest absolute Gasteiger partial charge is 0.271 e. The van der Waals surface area contributed by atoms with Crippen molar-refractivity contribution in [2.45, 2.75) is 64.3 Å². The quantitative estimate of drug-likeness (QED) is 0.637. The number of hydrogen-bond acceptors (Lipinski definition) is 2. The minimum absolute atomic E-state index is 0.450. The lowest BCUT2D eigenvalue weighted by atomic mass is 9.90. The van der Waals surface area contributed by atoms with E-state index in [9.17, 15) is 0 Å². The Morgan fingerprint density at radius 3 is 2.85 bits per heavy atom. The van der Waals surface area contributed by atoms with Gasteiger partial charge in [0.2, 0.25) is 0 Å². The van der Waals surface area contributed by atoms with Gasteiger partial charge in [-0.25, -0.2) is 0 Å². The van der Waals surface area contributed by atoms with E-state index in [0.29, 0.717) is 6.04 Å². The molecule has 3 rings (SSSR count). The molecule has 1 fully saturated rings. The molecule has 0 aliphatic heterocycles. The molecule has 0 spiro atoms. The Morgan fingerprint density at radius 2 is 2.10 bits per heavy atom. The molecule has 0 radical (unpaired) electrons. The predicted molar refractivity (Wildman–Crippen MR) is 84.4 cm³/mol. The van der Waals surface area contributed by atoms with Crippen LogP contribution in [0, 0.1) is 11.8 Å². The second-order valence-corrected chi connectivity index (χ2v) is 6.78. The van der Waals surface area contributed by atoms with E-state index in [2.05, 4.69) is 30.5 Å². The van der Waals surface area contributed by atoms with Crippen LogP contribution in [-0.2, 0) is 19.3 Å². The Kier molecular flexibility index (Phi) is 4.42. The van der Waals surface area contributed by atoms with Crippen LogP contribution in [0.4, 0.5) is 0 Å². The number of benzene rings is 1. The smallest absolute Gasteiger partial charge is 0.0279 e. The molecule has 3 atom stereocenters. The standard InChI is InChI=1S/C18H28N2/c1-2-13-6-9-17(10-13)18(20-19)12-14-7-8-15-4-3-5-16(15)11-14/h7-8,11,13,17-18,20H,2-6,9-10,12,19H2,1H3. The molecule has 1 aromatic carbocycles. The van der Waals surface area contributed by atoms with Gasteiger partial charge in [0, 0.05) is 6.04 Å². The van der Waals surface area contributed by atoms with Crippen molar-refractivity contribution in [2.24, 2.45) is 17.7 Å². The first-order valence-corrected chi connectivity index (χ1v) is 8.37. The Labute approximate surface area is 123 Å². The van der Waals surface area contributed by atoms with E-state index in [4.69, 9.17) is 5.84 Å². The van der Waals surface area contributed by atoms with Crippen molar-refractivity contribution >= 4 is 0 Å². The number of fused-ring (bicyclic) bond motifs is 1. The fourth-order valence-electron chi connectivity index (χ4n) is 4.22. The van der Waals surface area contributed by atoms with Crippen molar-refractivity contribution in [3.63, 3.8) is 0 Å². The first-order valence-electron chi connectivity index (χ1n) is 8.37. The summed E-state index contributed by atoms with van der Waals surface area (Å²) in [4.78, 5) is 0. The van der Waals surface area contributed by atoms with E-state index < -0.39 is 0 Å². The third kappa shape index (κ3) is 2.91. The van der Waals surface area contributed by atoms with Gasteiger partial charge in [0.1, 0.15) is 0 Å². The van der Waals surface area contributed by atoms with Crippen molar-refractivity contribution in [3.05, 3.63) is 34.9 Å². The van der Waals surface area contributed by atoms with Gasteiger partial charge in [0.25, 0.3) is 0 Å². The van der Waals surface area contributed by atoms with Crippen LogP contribution < -0.4 is 11.3 Å². The fraction of sp³-hybridized carbons (Fsp3) is 0.667. The molecular formula is C18H28N2. The molecule has 1 aromatic rings. The average molecular weight is 272 g/mol.